The third kappa shape index (κ3) is 3.20. The highest BCUT2D eigenvalue weighted by Crippen LogP contribution is 2.37. The molecular formula is C23H22N2O3. The fraction of sp³-hybridized carbons (Fsp3) is 0.217. The summed E-state index contributed by atoms with van der Waals surface area (Å²) in [6, 6.07) is 19.8. The van der Waals surface area contributed by atoms with Gasteiger partial charge in [-0.2, -0.15) is 5.10 Å². The van der Waals surface area contributed by atoms with Crippen LogP contribution in [-0.4, -0.2) is 30.8 Å². The molecule has 0 fully saturated rings. The molecule has 1 amide bonds. The first kappa shape index (κ1) is 18.0. The summed E-state index contributed by atoms with van der Waals surface area (Å²) in [5.74, 6) is 1.54. The molecule has 0 aliphatic carbocycles. The minimum atomic E-state index is -0.133. The van der Waals surface area contributed by atoms with Crippen LogP contribution in [0.15, 0.2) is 65.8 Å². The summed E-state index contributed by atoms with van der Waals surface area (Å²) in [7, 11) is 3.31. The number of hydrazone groups is 1. The highest BCUT2D eigenvalue weighted by molar-refractivity contribution is 6.03. The Bertz CT molecular complexity index is 1060. The van der Waals surface area contributed by atoms with Crippen LogP contribution >= 0.6 is 0 Å². The van der Waals surface area contributed by atoms with Crippen LogP contribution in [0.3, 0.4) is 0 Å². The lowest BCUT2D eigenvalue weighted by molar-refractivity contribution is -0.130. The number of ether oxygens (including phenoxy) is 2. The quantitative estimate of drug-likeness (QED) is 0.673. The molecular weight excluding hydrogens is 352 g/mol. The van der Waals surface area contributed by atoms with E-state index < -0.39 is 0 Å². The molecule has 4 rings (SSSR count). The van der Waals surface area contributed by atoms with Crippen LogP contribution in [0, 0.1) is 0 Å². The summed E-state index contributed by atoms with van der Waals surface area (Å²) in [5.41, 5.74) is 2.98. The molecule has 1 atom stereocenters. The summed E-state index contributed by atoms with van der Waals surface area (Å²) < 4.78 is 10.6. The van der Waals surface area contributed by atoms with E-state index in [1.807, 2.05) is 48.5 Å². The van der Waals surface area contributed by atoms with Gasteiger partial charge in [-0.25, -0.2) is 5.01 Å². The van der Waals surface area contributed by atoms with Crippen LogP contribution < -0.4 is 9.47 Å². The number of amides is 1. The standard InChI is InChI=1S/C23H22N2O3/c1-15(26)25-23(14-22(24-25)16-7-9-18(27-2)10-8-16)21-6-4-5-17-13-19(28-3)11-12-20(17)21/h4-13,23H,14H2,1-3H3/t23-/m0/s1. The zero-order valence-corrected chi connectivity index (χ0v) is 16.2. The lowest BCUT2D eigenvalue weighted by Crippen LogP contribution is -2.24. The zero-order valence-electron chi connectivity index (χ0n) is 16.2. The predicted octanol–water partition coefficient (Wildman–Crippen LogP) is 4.55. The Balaban J connectivity index is 1.73. The summed E-state index contributed by atoms with van der Waals surface area (Å²) >= 11 is 0. The van der Waals surface area contributed by atoms with Crippen molar-refractivity contribution in [3.8, 4) is 11.5 Å². The molecule has 0 saturated carbocycles. The first-order valence-corrected chi connectivity index (χ1v) is 9.19. The summed E-state index contributed by atoms with van der Waals surface area (Å²) in [5, 5.41) is 8.43. The van der Waals surface area contributed by atoms with E-state index in [0.29, 0.717) is 6.42 Å². The summed E-state index contributed by atoms with van der Waals surface area (Å²) in [4.78, 5) is 12.3. The van der Waals surface area contributed by atoms with E-state index in [1.54, 1.807) is 26.2 Å². The van der Waals surface area contributed by atoms with Gasteiger partial charge >= 0.3 is 0 Å². The maximum atomic E-state index is 12.3. The van der Waals surface area contributed by atoms with Crippen LogP contribution in [0.25, 0.3) is 10.8 Å². The predicted molar refractivity (Wildman–Crippen MR) is 110 cm³/mol. The number of carbonyl (C=O) groups excluding carboxylic acids is 1. The number of fused-ring (bicyclic) bond motifs is 1. The monoisotopic (exact) mass is 374 g/mol. The summed E-state index contributed by atoms with van der Waals surface area (Å²) in [6.45, 7) is 1.56. The first-order chi connectivity index (χ1) is 13.6. The van der Waals surface area contributed by atoms with E-state index in [-0.39, 0.29) is 11.9 Å². The van der Waals surface area contributed by atoms with Gasteiger partial charge in [-0.3, -0.25) is 4.79 Å². The van der Waals surface area contributed by atoms with Gasteiger partial charge in [-0.05, 0) is 58.3 Å². The van der Waals surface area contributed by atoms with E-state index in [0.717, 1.165) is 39.1 Å². The Morgan fingerprint density at radius 2 is 1.71 bits per heavy atom. The van der Waals surface area contributed by atoms with Gasteiger partial charge in [0.2, 0.25) is 5.91 Å². The SMILES string of the molecule is COc1ccc(C2=NN(C(C)=O)[C@H](c3cccc4cc(OC)ccc34)C2)cc1. The molecule has 1 heterocycles. The number of rotatable bonds is 4. The Kier molecular flexibility index (Phi) is 4.74. The van der Waals surface area contributed by atoms with Crippen molar-refractivity contribution in [2.75, 3.05) is 14.2 Å². The van der Waals surface area contributed by atoms with Gasteiger partial charge in [0.05, 0.1) is 26.0 Å². The minimum Gasteiger partial charge on any atom is -0.497 e. The smallest absolute Gasteiger partial charge is 0.240 e. The number of hydrogen-bond donors (Lipinski definition) is 0. The van der Waals surface area contributed by atoms with Crippen molar-refractivity contribution in [2.24, 2.45) is 5.10 Å². The number of benzene rings is 3. The molecule has 142 valence electrons. The topological polar surface area (TPSA) is 51.1 Å². The maximum absolute atomic E-state index is 12.3. The third-order valence-corrected chi connectivity index (χ3v) is 5.14. The zero-order chi connectivity index (χ0) is 19.7. The third-order valence-electron chi connectivity index (χ3n) is 5.14. The molecule has 0 spiro atoms. The highest BCUT2D eigenvalue weighted by atomic mass is 16.5. The van der Waals surface area contributed by atoms with Crippen molar-refractivity contribution in [3.05, 3.63) is 71.8 Å². The number of nitrogens with zero attached hydrogens (tertiary/aromatic N) is 2. The molecule has 1 aliphatic heterocycles. The second-order valence-electron chi connectivity index (χ2n) is 6.79. The van der Waals surface area contributed by atoms with Crippen molar-refractivity contribution in [1.29, 1.82) is 0 Å². The van der Waals surface area contributed by atoms with Gasteiger partial charge in [0.15, 0.2) is 0 Å². The molecule has 0 saturated heterocycles. The van der Waals surface area contributed by atoms with Crippen molar-refractivity contribution < 1.29 is 14.3 Å². The Labute approximate surface area is 164 Å². The van der Waals surface area contributed by atoms with Crippen LogP contribution in [0.5, 0.6) is 11.5 Å². The molecule has 5 heteroatoms. The minimum absolute atomic E-state index is 0.0703. The Morgan fingerprint density at radius 3 is 2.39 bits per heavy atom. The van der Waals surface area contributed by atoms with Gasteiger partial charge in [-0.1, -0.05) is 24.3 Å². The molecule has 3 aromatic carbocycles. The fourth-order valence-corrected chi connectivity index (χ4v) is 3.71. The van der Waals surface area contributed by atoms with Crippen molar-refractivity contribution in [2.45, 2.75) is 19.4 Å². The molecule has 0 bridgehead atoms. The van der Waals surface area contributed by atoms with Crippen LogP contribution in [0.2, 0.25) is 0 Å². The van der Waals surface area contributed by atoms with E-state index in [4.69, 9.17) is 9.47 Å². The number of carbonyl (C=O) groups is 1. The van der Waals surface area contributed by atoms with Crippen LogP contribution in [0.1, 0.15) is 30.5 Å². The van der Waals surface area contributed by atoms with Gasteiger partial charge in [0, 0.05) is 13.3 Å². The molecule has 0 unspecified atom stereocenters. The first-order valence-electron chi connectivity index (χ1n) is 9.19. The molecule has 1 aliphatic rings. The van der Waals surface area contributed by atoms with E-state index in [1.165, 1.54) is 0 Å². The average molecular weight is 374 g/mol. The van der Waals surface area contributed by atoms with Gasteiger partial charge < -0.3 is 9.47 Å². The maximum Gasteiger partial charge on any atom is 0.240 e. The van der Waals surface area contributed by atoms with Crippen molar-refractivity contribution >= 4 is 22.4 Å². The van der Waals surface area contributed by atoms with E-state index in [9.17, 15) is 4.79 Å². The highest BCUT2D eigenvalue weighted by Gasteiger charge is 2.32. The second-order valence-corrected chi connectivity index (χ2v) is 6.79. The van der Waals surface area contributed by atoms with Gasteiger partial charge in [-0.15, -0.1) is 0 Å². The van der Waals surface area contributed by atoms with Crippen molar-refractivity contribution in [3.63, 3.8) is 0 Å². The molecule has 5 nitrogen and oxygen atoms in total. The fourth-order valence-electron chi connectivity index (χ4n) is 3.71. The lowest BCUT2D eigenvalue weighted by Gasteiger charge is -2.22. The number of methoxy groups -OCH3 is 2. The average Bonchev–Trinajstić information content (AvgIpc) is 3.18. The van der Waals surface area contributed by atoms with Crippen molar-refractivity contribution in [1.82, 2.24) is 5.01 Å². The van der Waals surface area contributed by atoms with Crippen LogP contribution in [-0.2, 0) is 4.79 Å². The lowest BCUT2D eigenvalue weighted by atomic mass is 9.94. The second kappa shape index (κ2) is 7.35. The largest absolute Gasteiger partial charge is 0.497 e. The Morgan fingerprint density at radius 1 is 1.00 bits per heavy atom. The van der Waals surface area contributed by atoms with Gasteiger partial charge in [0.1, 0.15) is 11.5 Å². The van der Waals surface area contributed by atoms with E-state index >= 15 is 0 Å². The van der Waals surface area contributed by atoms with Gasteiger partial charge in [0.25, 0.3) is 0 Å². The normalized spacial score (nSPS) is 16.2. The summed E-state index contributed by atoms with van der Waals surface area (Å²) in [6.07, 6.45) is 0.664. The molecule has 0 N–H and O–H groups in total. The van der Waals surface area contributed by atoms with Crippen LogP contribution in [0.4, 0.5) is 0 Å². The molecule has 0 aromatic heterocycles. The molecule has 3 aromatic rings. The number of hydrogen-bond acceptors (Lipinski definition) is 4. The Hall–Kier alpha value is -3.34. The molecule has 0 radical (unpaired) electrons. The molecule has 28 heavy (non-hydrogen) atoms. The van der Waals surface area contributed by atoms with E-state index in [2.05, 4.69) is 17.2 Å².